The summed E-state index contributed by atoms with van der Waals surface area (Å²) in [6.07, 6.45) is 5.98. The largest absolute Gasteiger partial charge is 0.352 e. The van der Waals surface area contributed by atoms with Crippen LogP contribution in [0.25, 0.3) is 0 Å². The normalized spacial score (nSPS) is 20.0. The van der Waals surface area contributed by atoms with Gasteiger partial charge in [-0.1, -0.05) is 47.3 Å². The van der Waals surface area contributed by atoms with Gasteiger partial charge in [0.25, 0.3) is 0 Å². The Balaban J connectivity index is 1.73. The fraction of sp³-hybridized carbons (Fsp3) is 0.471. The van der Waals surface area contributed by atoms with Gasteiger partial charge in [-0.15, -0.1) is 0 Å². The number of carbonyl (C=O) groups is 1. The molecule has 1 fully saturated rings. The number of hydrogen-bond acceptors (Lipinski definition) is 2. The van der Waals surface area contributed by atoms with Crippen LogP contribution in [0.1, 0.15) is 31.2 Å². The molecule has 22 heavy (non-hydrogen) atoms. The zero-order valence-electron chi connectivity index (χ0n) is 12.4. The first kappa shape index (κ1) is 15.9. The molecule has 0 bridgehead atoms. The second-order valence-corrected chi connectivity index (χ2v) is 6.88. The second kappa shape index (κ2) is 6.61. The van der Waals surface area contributed by atoms with Crippen molar-refractivity contribution in [3.8, 4) is 0 Å². The highest BCUT2D eigenvalue weighted by molar-refractivity contribution is 6.42. The number of hydrogen-bond donors (Lipinski definition) is 2. The molecule has 3 rings (SSSR count). The van der Waals surface area contributed by atoms with E-state index < -0.39 is 5.41 Å². The maximum Gasteiger partial charge on any atom is 0.230 e. The van der Waals surface area contributed by atoms with Gasteiger partial charge in [0.05, 0.1) is 15.5 Å². The van der Waals surface area contributed by atoms with E-state index >= 15 is 0 Å². The van der Waals surface area contributed by atoms with Crippen LogP contribution in [-0.2, 0) is 10.2 Å². The van der Waals surface area contributed by atoms with Crippen LogP contribution < -0.4 is 10.6 Å². The lowest BCUT2D eigenvalue weighted by molar-refractivity contribution is -0.129. The molecule has 1 aromatic carbocycles. The molecule has 0 spiro atoms. The molecule has 1 aliphatic heterocycles. The van der Waals surface area contributed by atoms with Crippen molar-refractivity contribution in [2.24, 2.45) is 0 Å². The predicted octanol–water partition coefficient (Wildman–Crippen LogP) is 3.45. The summed E-state index contributed by atoms with van der Waals surface area (Å²) in [6.45, 7) is 2.52. The van der Waals surface area contributed by atoms with Crippen molar-refractivity contribution >= 4 is 29.1 Å². The summed E-state index contributed by atoms with van der Waals surface area (Å²) < 4.78 is 0. The van der Waals surface area contributed by atoms with E-state index in [1.165, 1.54) is 5.57 Å². The summed E-state index contributed by atoms with van der Waals surface area (Å²) in [4.78, 5) is 12.8. The maximum absolute atomic E-state index is 12.8. The van der Waals surface area contributed by atoms with Crippen LogP contribution in [-0.4, -0.2) is 25.5 Å². The van der Waals surface area contributed by atoms with Gasteiger partial charge >= 0.3 is 0 Å². The van der Waals surface area contributed by atoms with Crippen LogP contribution in [0, 0.1) is 0 Å². The number of benzene rings is 1. The third-order valence-electron chi connectivity index (χ3n) is 4.75. The van der Waals surface area contributed by atoms with Crippen molar-refractivity contribution < 1.29 is 4.79 Å². The molecule has 1 aliphatic carbocycles. The van der Waals surface area contributed by atoms with Crippen LogP contribution in [0.15, 0.2) is 29.8 Å². The van der Waals surface area contributed by atoms with Gasteiger partial charge in [-0.05, 0) is 43.5 Å². The van der Waals surface area contributed by atoms with Gasteiger partial charge in [0.1, 0.15) is 0 Å². The van der Waals surface area contributed by atoms with Crippen molar-refractivity contribution in [1.82, 2.24) is 10.6 Å². The molecule has 1 amide bonds. The molecule has 3 nitrogen and oxygen atoms in total. The van der Waals surface area contributed by atoms with Crippen LogP contribution in [0.3, 0.4) is 0 Å². The number of rotatable bonds is 4. The number of amides is 1. The summed E-state index contributed by atoms with van der Waals surface area (Å²) >= 11 is 12.1. The highest BCUT2D eigenvalue weighted by atomic mass is 35.5. The zero-order valence-corrected chi connectivity index (χ0v) is 13.9. The molecule has 5 heteroatoms. The Morgan fingerprint density at radius 3 is 2.68 bits per heavy atom. The van der Waals surface area contributed by atoms with E-state index in [-0.39, 0.29) is 5.91 Å². The SMILES string of the molecule is O=C(NCC1=CCNCC1)C1(c2ccc(Cl)c(Cl)c2)CCC1. The third kappa shape index (κ3) is 3.03. The molecular formula is C17H20Cl2N2O. The average molecular weight is 339 g/mol. The third-order valence-corrected chi connectivity index (χ3v) is 5.49. The average Bonchev–Trinajstić information content (AvgIpc) is 2.49. The van der Waals surface area contributed by atoms with Gasteiger partial charge < -0.3 is 10.6 Å². The van der Waals surface area contributed by atoms with E-state index in [1.54, 1.807) is 6.07 Å². The van der Waals surface area contributed by atoms with Gasteiger partial charge in [-0.3, -0.25) is 4.79 Å². The molecule has 1 aromatic rings. The van der Waals surface area contributed by atoms with E-state index in [2.05, 4.69) is 16.7 Å². The maximum atomic E-state index is 12.8. The lowest BCUT2D eigenvalue weighted by Gasteiger charge is -2.41. The van der Waals surface area contributed by atoms with Crippen LogP contribution in [0.2, 0.25) is 10.0 Å². The quantitative estimate of drug-likeness (QED) is 0.825. The molecule has 1 heterocycles. The van der Waals surface area contributed by atoms with Gasteiger partial charge in [0, 0.05) is 13.1 Å². The minimum atomic E-state index is -0.429. The summed E-state index contributed by atoms with van der Waals surface area (Å²) in [7, 11) is 0. The molecule has 118 valence electrons. The Morgan fingerprint density at radius 1 is 1.27 bits per heavy atom. The molecular weight excluding hydrogens is 319 g/mol. The Morgan fingerprint density at radius 2 is 2.09 bits per heavy atom. The van der Waals surface area contributed by atoms with Crippen molar-refractivity contribution in [3.05, 3.63) is 45.5 Å². The van der Waals surface area contributed by atoms with Crippen molar-refractivity contribution in [1.29, 1.82) is 0 Å². The molecule has 0 atom stereocenters. The Kier molecular flexibility index (Phi) is 4.76. The van der Waals surface area contributed by atoms with E-state index in [0.29, 0.717) is 16.6 Å². The van der Waals surface area contributed by atoms with Gasteiger partial charge in [0.15, 0.2) is 0 Å². The fourth-order valence-corrected chi connectivity index (χ4v) is 3.46. The Bertz CT molecular complexity index is 609. The second-order valence-electron chi connectivity index (χ2n) is 6.06. The summed E-state index contributed by atoms with van der Waals surface area (Å²) in [5.74, 6) is 0.108. The topological polar surface area (TPSA) is 41.1 Å². The molecule has 0 radical (unpaired) electrons. The molecule has 1 saturated carbocycles. The fourth-order valence-electron chi connectivity index (χ4n) is 3.16. The highest BCUT2D eigenvalue weighted by Crippen LogP contribution is 2.45. The molecule has 0 aromatic heterocycles. The van der Waals surface area contributed by atoms with Gasteiger partial charge in [-0.2, -0.15) is 0 Å². The van der Waals surface area contributed by atoms with Gasteiger partial charge in [-0.25, -0.2) is 0 Å². The lowest BCUT2D eigenvalue weighted by Crippen LogP contribution is -2.49. The number of carbonyl (C=O) groups excluding carboxylic acids is 1. The summed E-state index contributed by atoms with van der Waals surface area (Å²) in [5.41, 5.74) is 1.85. The molecule has 2 N–H and O–H groups in total. The molecule has 0 saturated heterocycles. The number of halogens is 2. The monoisotopic (exact) mass is 338 g/mol. The van der Waals surface area contributed by atoms with Crippen LogP contribution in [0.4, 0.5) is 0 Å². The first-order chi connectivity index (χ1) is 10.6. The van der Waals surface area contributed by atoms with E-state index in [9.17, 15) is 4.79 Å². The summed E-state index contributed by atoms with van der Waals surface area (Å²) in [6, 6.07) is 5.55. The molecule has 0 unspecified atom stereocenters. The van der Waals surface area contributed by atoms with Crippen LogP contribution >= 0.6 is 23.2 Å². The van der Waals surface area contributed by atoms with Crippen molar-refractivity contribution in [2.45, 2.75) is 31.1 Å². The predicted molar refractivity (Wildman–Crippen MR) is 90.6 cm³/mol. The minimum Gasteiger partial charge on any atom is -0.352 e. The first-order valence-corrected chi connectivity index (χ1v) is 8.50. The summed E-state index contributed by atoms with van der Waals surface area (Å²) in [5, 5.41) is 7.43. The highest BCUT2D eigenvalue weighted by Gasteiger charge is 2.45. The van der Waals surface area contributed by atoms with E-state index in [0.717, 1.165) is 44.3 Å². The zero-order chi connectivity index (χ0) is 15.6. The van der Waals surface area contributed by atoms with Crippen molar-refractivity contribution in [3.63, 3.8) is 0 Å². The smallest absolute Gasteiger partial charge is 0.230 e. The van der Waals surface area contributed by atoms with Crippen molar-refractivity contribution in [2.75, 3.05) is 19.6 Å². The number of nitrogens with one attached hydrogen (secondary N) is 2. The Hall–Kier alpha value is -1.03. The van der Waals surface area contributed by atoms with Crippen LogP contribution in [0.5, 0.6) is 0 Å². The van der Waals surface area contributed by atoms with Gasteiger partial charge in [0.2, 0.25) is 5.91 Å². The van der Waals surface area contributed by atoms with E-state index in [1.807, 2.05) is 12.1 Å². The minimum absolute atomic E-state index is 0.108. The lowest BCUT2D eigenvalue weighted by atomic mass is 9.64. The van der Waals surface area contributed by atoms with E-state index in [4.69, 9.17) is 23.2 Å². The molecule has 2 aliphatic rings. The first-order valence-electron chi connectivity index (χ1n) is 7.74. The Labute approximate surface area is 141 Å². The standard InChI is InChI=1S/C17H20Cl2N2O/c18-14-3-2-13(10-15(14)19)17(6-1-7-17)16(22)21-11-12-4-8-20-9-5-12/h2-4,10,20H,1,5-9,11H2,(H,21,22).